The van der Waals surface area contributed by atoms with Crippen molar-refractivity contribution in [2.75, 3.05) is 0 Å². The summed E-state index contributed by atoms with van der Waals surface area (Å²) in [6, 6.07) is 14.8. The molecule has 0 saturated heterocycles. The third-order valence-corrected chi connectivity index (χ3v) is 4.36. The van der Waals surface area contributed by atoms with Gasteiger partial charge in [0.25, 0.3) is 5.69 Å². The molecule has 0 radical (unpaired) electrons. The molecule has 152 valence electrons. The highest BCUT2D eigenvalue weighted by atomic mass is 16.6. The second-order valence-corrected chi connectivity index (χ2v) is 6.58. The van der Waals surface area contributed by atoms with Crippen LogP contribution >= 0.6 is 0 Å². The van der Waals surface area contributed by atoms with Crippen LogP contribution in [-0.4, -0.2) is 26.4 Å². The molecule has 8 heteroatoms. The molecule has 0 spiro atoms. The summed E-state index contributed by atoms with van der Waals surface area (Å²) in [5, 5.41) is 10.7. The van der Waals surface area contributed by atoms with Gasteiger partial charge in [-0.2, -0.15) is 4.98 Å². The van der Waals surface area contributed by atoms with Crippen LogP contribution in [0.25, 0.3) is 12.2 Å². The summed E-state index contributed by atoms with van der Waals surface area (Å²) < 4.78 is 6.95. The number of aryl methyl sites for hydroxylation is 1. The van der Waals surface area contributed by atoms with Gasteiger partial charge < -0.3 is 9.30 Å². The van der Waals surface area contributed by atoms with Gasteiger partial charge in [-0.1, -0.05) is 24.3 Å². The largest absolute Gasteiger partial charge is 0.483 e. The third kappa shape index (κ3) is 5.05. The predicted molar refractivity (Wildman–Crippen MR) is 112 cm³/mol. The minimum atomic E-state index is -0.800. The maximum Gasteiger partial charge on any atom is 0.347 e. The Morgan fingerprint density at radius 2 is 1.63 bits per heavy atom. The molecule has 0 amide bonds. The van der Waals surface area contributed by atoms with Gasteiger partial charge in [-0.3, -0.25) is 14.9 Å². The highest BCUT2D eigenvalue weighted by Gasteiger charge is 2.19. The molecule has 1 heterocycles. The van der Waals surface area contributed by atoms with E-state index in [1.165, 1.54) is 29.0 Å². The molecule has 1 aromatic heterocycles. The number of nitro groups is 1. The van der Waals surface area contributed by atoms with Crippen molar-refractivity contribution in [2.45, 2.75) is 13.0 Å². The van der Waals surface area contributed by atoms with Gasteiger partial charge in [0.2, 0.25) is 5.78 Å². The van der Waals surface area contributed by atoms with E-state index in [2.05, 4.69) is 4.98 Å². The van der Waals surface area contributed by atoms with Crippen molar-refractivity contribution < 1.29 is 14.5 Å². The molecule has 3 aromatic rings. The number of Topliss-reactive ketones (excluding diaryl/α,β-unsaturated/α-hetero) is 1. The van der Waals surface area contributed by atoms with Crippen molar-refractivity contribution >= 4 is 23.6 Å². The normalized spacial score (nSPS) is 11.9. The van der Waals surface area contributed by atoms with Crippen LogP contribution in [0.2, 0.25) is 0 Å². The number of hydrogen-bond donors (Lipinski definition) is 0. The van der Waals surface area contributed by atoms with E-state index in [9.17, 15) is 19.7 Å². The van der Waals surface area contributed by atoms with Gasteiger partial charge in [-0.15, -0.1) is 0 Å². The summed E-state index contributed by atoms with van der Waals surface area (Å²) in [4.78, 5) is 38.0. The Morgan fingerprint density at radius 1 is 1.07 bits per heavy atom. The van der Waals surface area contributed by atoms with Gasteiger partial charge in [-0.25, -0.2) is 4.79 Å². The minimum absolute atomic E-state index is 0.0448. The highest BCUT2D eigenvalue weighted by Crippen LogP contribution is 2.18. The van der Waals surface area contributed by atoms with Crippen LogP contribution in [-0.2, 0) is 7.05 Å². The lowest BCUT2D eigenvalue weighted by atomic mass is 10.1. The smallest absolute Gasteiger partial charge is 0.347 e. The third-order valence-electron chi connectivity index (χ3n) is 4.36. The van der Waals surface area contributed by atoms with Crippen LogP contribution in [0.5, 0.6) is 5.75 Å². The first-order valence-corrected chi connectivity index (χ1v) is 9.10. The van der Waals surface area contributed by atoms with Crippen LogP contribution < -0.4 is 10.4 Å². The SMILES string of the molecule is CC(Oc1ccc(/C=C/c2ccc([N+](=O)[O-])cc2)cc1)C(=O)c1ccn(C)c(=O)n1. The number of carbonyl (C=O) groups is 1. The number of rotatable bonds is 7. The molecular formula is C22H19N3O5. The standard InChI is InChI=1S/C22H19N3O5/c1-15(21(26)20-13-14-24(2)22(27)23-20)30-19-11-7-17(8-12-19)4-3-16-5-9-18(10-6-16)25(28)29/h3-15H,1-2H3/b4-3+. The van der Waals surface area contributed by atoms with Gasteiger partial charge in [-0.05, 0) is 48.4 Å². The number of carbonyl (C=O) groups excluding carboxylic acids is 1. The number of ether oxygens (including phenoxy) is 1. The fraction of sp³-hybridized carbons (Fsp3) is 0.136. The first-order valence-electron chi connectivity index (χ1n) is 9.10. The molecule has 8 nitrogen and oxygen atoms in total. The number of benzene rings is 2. The van der Waals surface area contributed by atoms with Gasteiger partial charge >= 0.3 is 5.69 Å². The number of nitro benzene ring substituents is 1. The molecule has 1 unspecified atom stereocenters. The van der Waals surface area contributed by atoms with E-state index in [0.717, 1.165) is 11.1 Å². The van der Waals surface area contributed by atoms with Crippen LogP contribution in [0.1, 0.15) is 28.5 Å². The average molecular weight is 405 g/mol. The Hall–Kier alpha value is -4.07. The molecule has 0 aliphatic heterocycles. The summed E-state index contributed by atoms with van der Waals surface area (Å²) in [6.45, 7) is 1.60. The Morgan fingerprint density at radius 3 is 2.17 bits per heavy atom. The predicted octanol–water partition coefficient (Wildman–Crippen LogP) is 3.51. The van der Waals surface area contributed by atoms with Gasteiger partial charge in [0.1, 0.15) is 11.4 Å². The molecule has 0 bridgehead atoms. The van der Waals surface area contributed by atoms with Gasteiger partial charge in [0.15, 0.2) is 6.10 Å². The fourth-order valence-electron chi connectivity index (χ4n) is 2.63. The maximum absolute atomic E-state index is 12.4. The molecule has 1 atom stereocenters. The van der Waals surface area contributed by atoms with E-state index in [1.807, 2.05) is 24.3 Å². The zero-order valence-corrected chi connectivity index (χ0v) is 16.4. The number of hydrogen-bond acceptors (Lipinski definition) is 6. The molecule has 30 heavy (non-hydrogen) atoms. The van der Waals surface area contributed by atoms with Crippen molar-refractivity contribution in [2.24, 2.45) is 7.05 Å². The van der Waals surface area contributed by atoms with Crippen molar-refractivity contribution in [3.63, 3.8) is 0 Å². The summed E-state index contributed by atoms with van der Waals surface area (Å²) >= 11 is 0. The first-order chi connectivity index (χ1) is 14.3. The zero-order valence-electron chi connectivity index (χ0n) is 16.4. The maximum atomic E-state index is 12.4. The Bertz CT molecular complexity index is 1150. The lowest BCUT2D eigenvalue weighted by Gasteiger charge is -2.13. The van der Waals surface area contributed by atoms with Crippen molar-refractivity contribution in [3.05, 3.63) is 98.2 Å². The zero-order chi connectivity index (χ0) is 21.7. The van der Waals surface area contributed by atoms with E-state index < -0.39 is 16.7 Å². The lowest BCUT2D eigenvalue weighted by Crippen LogP contribution is -2.29. The number of aromatic nitrogens is 2. The van der Waals surface area contributed by atoms with Crippen LogP contribution in [0, 0.1) is 10.1 Å². The van der Waals surface area contributed by atoms with Crippen molar-refractivity contribution in [3.8, 4) is 5.75 Å². The van der Waals surface area contributed by atoms with Gasteiger partial charge in [0.05, 0.1) is 4.92 Å². The quantitative estimate of drug-likeness (QED) is 0.258. The van der Waals surface area contributed by atoms with E-state index in [-0.39, 0.29) is 17.2 Å². The number of ketones is 1. The molecule has 0 aliphatic carbocycles. The summed E-state index contributed by atoms with van der Waals surface area (Å²) in [5.41, 5.74) is 1.34. The van der Waals surface area contributed by atoms with Gasteiger partial charge in [0, 0.05) is 25.4 Å². The Labute approximate surface area is 172 Å². The van der Waals surface area contributed by atoms with E-state index in [0.29, 0.717) is 5.75 Å². The summed E-state index contributed by atoms with van der Waals surface area (Å²) in [6.07, 6.45) is 4.39. The minimum Gasteiger partial charge on any atom is -0.483 e. The Kier molecular flexibility index (Phi) is 6.17. The number of nitrogens with zero attached hydrogens (tertiary/aromatic N) is 3. The van der Waals surface area contributed by atoms with Crippen LogP contribution in [0.4, 0.5) is 5.69 Å². The second kappa shape index (κ2) is 8.95. The lowest BCUT2D eigenvalue weighted by molar-refractivity contribution is -0.384. The van der Waals surface area contributed by atoms with Crippen LogP contribution in [0.15, 0.2) is 65.6 Å². The average Bonchev–Trinajstić information content (AvgIpc) is 2.75. The number of non-ortho nitro benzene ring substituents is 1. The topological polar surface area (TPSA) is 104 Å². The van der Waals surface area contributed by atoms with Crippen molar-refractivity contribution in [1.29, 1.82) is 0 Å². The summed E-state index contributed by atoms with van der Waals surface area (Å²) in [5.74, 6) is 0.127. The molecule has 0 aliphatic rings. The fourth-order valence-corrected chi connectivity index (χ4v) is 2.63. The van der Waals surface area contributed by atoms with E-state index in [1.54, 1.807) is 38.2 Å². The van der Waals surface area contributed by atoms with E-state index in [4.69, 9.17) is 4.74 Å². The Balaban J connectivity index is 1.63. The first kappa shape index (κ1) is 20.7. The molecule has 3 rings (SSSR count). The van der Waals surface area contributed by atoms with Crippen molar-refractivity contribution in [1.82, 2.24) is 9.55 Å². The second-order valence-electron chi connectivity index (χ2n) is 6.58. The molecule has 0 N–H and O–H groups in total. The monoisotopic (exact) mass is 405 g/mol. The summed E-state index contributed by atoms with van der Waals surface area (Å²) in [7, 11) is 1.56. The van der Waals surface area contributed by atoms with Crippen LogP contribution in [0.3, 0.4) is 0 Å². The highest BCUT2D eigenvalue weighted by molar-refractivity contribution is 5.97. The molecular weight excluding hydrogens is 386 g/mol. The van der Waals surface area contributed by atoms with E-state index >= 15 is 0 Å². The molecule has 2 aromatic carbocycles. The molecule has 0 fully saturated rings. The molecule has 0 saturated carbocycles.